The second kappa shape index (κ2) is 6.48. The number of hydrogen-bond donors (Lipinski definition) is 1. The zero-order chi connectivity index (χ0) is 15.5. The van der Waals surface area contributed by atoms with Crippen molar-refractivity contribution in [1.82, 2.24) is 4.90 Å². The summed E-state index contributed by atoms with van der Waals surface area (Å²) in [5.41, 5.74) is 1.69. The quantitative estimate of drug-likeness (QED) is 0.926. The summed E-state index contributed by atoms with van der Waals surface area (Å²) in [6.07, 6.45) is 3.02. The summed E-state index contributed by atoms with van der Waals surface area (Å²) in [5.74, 6) is 0.0315. The van der Waals surface area contributed by atoms with Crippen molar-refractivity contribution in [1.29, 1.82) is 0 Å². The van der Waals surface area contributed by atoms with Gasteiger partial charge in [0.2, 0.25) is 0 Å². The van der Waals surface area contributed by atoms with Gasteiger partial charge in [-0.15, -0.1) is 0 Å². The van der Waals surface area contributed by atoms with Gasteiger partial charge < -0.3 is 15.0 Å². The fourth-order valence-corrected chi connectivity index (χ4v) is 2.74. The van der Waals surface area contributed by atoms with E-state index in [0.29, 0.717) is 6.04 Å². The van der Waals surface area contributed by atoms with E-state index in [0.717, 1.165) is 37.1 Å². The van der Waals surface area contributed by atoms with Crippen LogP contribution in [-0.4, -0.2) is 43.2 Å². The Morgan fingerprint density at radius 3 is 2.90 bits per heavy atom. The monoisotopic (exact) mass is 290 g/mol. The van der Waals surface area contributed by atoms with Gasteiger partial charge in [-0.25, -0.2) is 0 Å². The number of nitrogens with zero attached hydrogens (tertiary/aromatic N) is 1. The molecular formula is C17H26N2O2. The van der Waals surface area contributed by atoms with Crippen LogP contribution in [0.1, 0.15) is 43.5 Å². The molecule has 0 bridgehead atoms. The highest BCUT2D eigenvalue weighted by molar-refractivity contribution is 5.94. The highest BCUT2D eigenvalue weighted by Crippen LogP contribution is 2.29. The van der Waals surface area contributed by atoms with E-state index >= 15 is 0 Å². The van der Waals surface area contributed by atoms with Crippen molar-refractivity contribution < 1.29 is 9.53 Å². The summed E-state index contributed by atoms with van der Waals surface area (Å²) in [7, 11) is 3.54. The molecule has 2 atom stereocenters. The molecular weight excluding hydrogens is 264 g/mol. The van der Waals surface area contributed by atoms with Crippen molar-refractivity contribution in [2.75, 3.05) is 26.0 Å². The van der Waals surface area contributed by atoms with Gasteiger partial charge in [-0.1, -0.05) is 13.0 Å². The molecule has 1 amide bonds. The molecule has 2 rings (SSSR count). The molecule has 1 N–H and O–H groups in total. The van der Waals surface area contributed by atoms with Gasteiger partial charge >= 0.3 is 0 Å². The summed E-state index contributed by atoms with van der Waals surface area (Å²) < 4.78 is 5.88. The minimum atomic E-state index is -0.0347. The average Bonchev–Trinajstić information content (AvgIpc) is 2.47. The van der Waals surface area contributed by atoms with Crippen LogP contribution in [0.15, 0.2) is 24.3 Å². The third-order valence-corrected chi connectivity index (χ3v) is 4.23. The first-order valence-corrected chi connectivity index (χ1v) is 7.66. The second-order valence-electron chi connectivity index (χ2n) is 6.27. The first-order valence-electron chi connectivity index (χ1n) is 7.66. The fraction of sp³-hybridized carbons (Fsp3) is 0.588. The molecule has 1 aliphatic rings. The van der Waals surface area contributed by atoms with E-state index in [4.69, 9.17) is 4.74 Å². The number of amides is 1. The van der Waals surface area contributed by atoms with Crippen LogP contribution in [0.2, 0.25) is 0 Å². The molecule has 1 fully saturated rings. The van der Waals surface area contributed by atoms with E-state index in [9.17, 15) is 4.79 Å². The first-order chi connectivity index (χ1) is 9.93. The third kappa shape index (κ3) is 3.97. The Morgan fingerprint density at radius 2 is 2.24 bits per heavy atom. The fourth-order valence-electron chi connectivity index (χ4n) is 2.74. The van der Waals surface area contributed by atoms with Crippen LogP contribution in [0, 0.1) is 0 Å². The normalized spacial score (nSPS) is 25.4. The van der Waals surface area contributed by atoms with Crippen molar-refractivity contribution in [3.8, 4) is 0 Å². The molecule has 1 heterocycles. The highest BCUT2D eigenvalue weighted by Gasteiger charge is 2.31. The molecule has 1 aromatic rings. The van der Waals surface area contributed by atoms with Crippen molar-refractivity contribution in [2.24, 2.45) is 0 Å². The molecule has 0 saturated carbocycles. The molecule has 0 radical (unpaired) electrons. The van der Waals surface area contributed by atoms with Crippen LogP contribution in [0.3, 0.4) is 0 Å². The first kappa shape index (κ1) is 15.8. The van der Waals surface area contributed by atoms with E-state index in [1.54, 1.807) is 19.0 Å². The number of carbonyl (C=O) groups is 1. The molecule has 2 unspecified atom stereocenters. The van der Waals surface area contributed by atoms with Crippen molar-refractivity contribution in [3.05, 3.63) is 29.8 Å². The van der Waals surface area contributed by atoms with Crippen LogP contribution in [0.25, 0.3) is 0 Å². The largest absolute Gasteiger partial charge is 0.382 e. The molecule has 4 nitrogen and oxygen atoms in total. The Morgan fingerprint density at radius 1 is 1.48 bits per heavy atom. The van der Waals surface area contributed by atoms with Gasteiger partial charge in [-0.3, -0.25) is 4.79 Å². The van der Waals surface area contributed by atoms with E-state index in [-0.39, 0.29) is 11.5 Å². The van der Waals surface area contributed by atoms with E-state index in [2.05, 4.69) is 19.2 Å². The third-order valence-electron chi connectivity index (χ3n) is 4.23. The van der Waals surface area contributed by atoms with Gasteiger partial charge in [0.1, 0.15) is 0 Å². The summed E-state index contributed by atoms with van der Waals surface area (Å²) >= 11 is 0. The van der Waals surface area contributed by atoms with Crippen molar-refractivity contribution in [3.63, 3.8) is 0 Å². The maximum atomic E-state index is 12.0. The molecule has 116 valence electrons. The zero-order valence-corrected chi connectivity index (χ0v) is 13.5. The number of rotatable bonds is 4. The number of ether oxygens (including phenoxy) is 1. The number of anilines is 1. The zero-order valence-electron chi connectivity index (χ0n) is 13.5. The average molecular weight is 290 g/mol. The lowest BCUT2D eigenvalue weighted by Gasteiger charge is -2.38. The standard InChI is InChI=1S/C17H26N2O2/c1-5-17(2)12-15(9-10-21-17)18-14-8-6-7-13(11-14)16(20)19(3)4/h6-8,11,15,18H,5,9-10,12H2,1-4H3. The summed E-state index contributed by atoms with van der Waals surface area (Å²) in [6, 6.07) is 8.13. The van der Waals surface area contributed by atoms with Crippen LogP contribution < -0.4 is 5.32 Å². The maximum absolute atomic E-state index is 12.0. The van der Waals surface area contributed by atoms with Crippen LogP contribution >= 0.6 is 0 Å². The highest BCUT2D eigenvalue weighted by atomic mass is 16.5. The minimum absolute atomic E-state index is 0.0315. The van der Waals surface area contributed by atoms with Gasteiger partial charge in [-0.05, 0) is 44.4 Å². The Kier molecular flexibility index (Phi) is 4.88. The smallest absolute Gasteiger partial charge is 0.253 e. The number of carbonyl (C=O) groups excluding carboxylic acids is 1. The SMILES string of the molecule is CCC1(C)CC(Nc2cccc(C(=O)N(C)C)c2)CCO1. The number of hydrogen-bond acceptors (Lipinski definition) is 3. The summed E-state index contributed by atoms with van der Waals surface area (Å²) in [4.78, 5) is 13.6. The van der Waals surface area contributed by atoms with E-state index in [1.807, 2.05) is 24.3 Å². The van der Waals surface area contributed by atoms with Crippen molar-refractivity contribution >= 4 is 11.6 Å². The second-order valence-corrected chi connectivity index (χ2v) is 6.27. The lowest BCUT2D eigenvalue weighted by Crippen LogP contribution is -2.41. The lowest BCUT2D eigenvalue weighted by atomic mass is 9.90. The lowest BCUT2D eigenvalue weighted by molar-refractivity contribution is -0.0708. The Hall–Kier alpha value is -1.55. The Labute approximate surface area is 127 Å². The van der Waals surface area contributed by atoms with Crippen LogP contribution in [-0.2, 0) is 4.74 Å². The molecule has 1 aliphatic heterocycles. The molecule has 0 aromatic heterocycles. The molecule has 0 spiro atoms. The number of benzene rings is 1. The van der Waals surface area contributed by atoms with Gasteiger partial charge in [-0.2, -0.15) is 0 Å². The van der Waals surface area contributed by atoms with Crippen LogP contribution in [0.5, 0.6) is 0 Å². The predicted octanol–water partition coefficient (Wildman–Crippen LogP) is 3.15. The Balaban J connectivity index is 2.06. The van der Waals surface area contributed by atoms with Gasteiger partial charge in [0.15, 0.2) is 0 Å². The molecule has 1 aromatic carbocycles. The van der Waals surface area contributed by atoms with Gasteiger partial charge in [0.25, 0.3) is 5.91 Å². The summed E-state index contributed by atoms with van der Waals surface area (Å²) in [5, 5.41) is 3.55. The molecule has 4 heteroatoms. The topological polar surface area (TPSA) is 41.6 Å². The van der Waals surface area contributed by atoms with E-state index < -0.39 is 0 Å². The van der Waals surface area contributed by atoms with Crippen molar-refractivity contribution in [2.45, 2.75) is 44.8 Å². The van der Waals surface area contributed by atoms with Gasteiger partial charge in [0.05, 0.1) is 5.60 Å². The molecule has 0 aliphatic carbocycles. The Bertz CT molecular complexity index is 501. The molecule has 1 saturated heterocycles. The maximum Gasteiger partial charge on any atom is 0.253 e. The summed E-state index contributed by atoms with van der Waals surface area (Å²) in [6.45, 7) is 5.13. The predicted molar refractivity (Wildman–Crippen MR) is 85.8 cm³/mol. The van der Waals surface area contributed by atoms with Crippen LogP contribution in [0.4, 0.5) is 5.69 Å². The van der Waals surface area contributed by atoms with Gasteiger partial charge in [0, 0.05) is 38.0 Å². The minimum Gasteiger partial charge on any atom is -0.382 e. The number of nitrogens with one attached hydrogen (secondary N) is 1. The van der Waals surface area contributed by atoms with E-state index in [1.165, 1.54) is 0 Å². The molecule has 21 heavy (non-hydrogen) atoms.